The fraction of sp³-hybridized carbons (Fsp3) is 0.278. The van der Waals surface area contributed by atoms with Crippen LogP contribution in [0.15, 0.2) is 108 Å². The lowest BCUT2D eigenvalue weighted by molar-refractivity contribution is -0.140. The summed E-state index contributed by atoms with van der Waals surface area (Å²) in [5, 5.41) is 3.48. The molecule has 0 aliphatic rings. The molecule has 4 aromatic carbocycles. The van der Waals surface area contributed by atoms with E-state index in [9.17, 15) is 18.0 Å². The highest BCUT2D eigenvalue weighted by Gasteiger charge is 2.33. The van der Waals surface area contributed by atoms with Crippen LogP contribution in [0.4, 0.5) is 5.69 Å². The van der Waals surface area contributed by atoms with Crippen LogP contribution < -0.4 is 14.4 Å². The quantitative estimate of drug-likeness (QED) is 0.134. The Morgan fingerprint density at radius 1 is 0.848 bits per heavy atom. The average Bonchev–Trinajstić information content (AvgIpc) is 3.05. The topological polar surface area (TPSA) is 96.0 Å². The molecule has 46 heavy (non-hydrogen) atoms. The van der Waals surface area contributed by atoms with E-state index in [1.54, 1.807) is 60.7 Å². The fourth-order valence-corrected chi connectivity index (χ4v) is 6.42. The van der Waals surface area contributed by atoms with Gasteiger partial charge in [-0.1, -0.05) is 79.9 Å². The number of rotatable bonds is 15. The van der Waals surface area contributed by atoms with Crippen LogP contribution in [0.3, 0.4) is 0 Å². The van der Waals surface area contributed by atoms with Crippen LogP contribution in [-0.4, -0.2) is 44.3 Å². The fourth-order valence-electron chi connectivity index (χ4n) is 4.88. The van der Waals surface area contributed by atoms with E-state index in [1.807, 2.05) is 51.1 Å². The number of sulfonamides is 1. The molecule has 1 atom stereocenters. The molecule has 8 nitrogen and oxygen atoms in total. The van der Waals surface area contributed by atoms with Gasteiger partial charge in [0.2, 0.25) is 11.8 Å². The molecule has 4 rings (SSSR count). The first-order valence-electron chi connectivity index (χ1n) is 15.4. The Labute approximate surface area is 277 Å². The van der Waals surface area contributed by atoms with Crippen molar-refractivity contribution in [2.45, 2.75) is 57.5 Å². The highest BCUT2D eigenvalue weighted by molar-refractivity contribution is 7.92. The Hall–Kier alpha value is -4.34. The Morgan fingerprint density at radius 3 is 2.09 bits per heavy atom. The van der Waals surface area contributed by atoms with Gasteiger partial charge in [0.15, 0.2) is 0 Å². The van der Waals surface area contributed by atoms with E-state index >= 15 is 0 Å². The van der Waals surface area contributed by atoms with Gasteiger partial charge < -0.3 is 15.0 Å². The number of nitrogens with zero attached hydrogens (tertiary/aromatic N) is 2. The van der Waals surface area contributed by atoms with Crippen LogP contribution in [0.5, 0.6) is 11.5 Å². The number of aryl methyl sites for hydroxylation is 1. The summed E-state index contributed by atoms with van der Waals surface area (Å²) in [6.45, 7) is 5.79. The third-order valence-corrected chi connectivity index (χ3v) is 9.51. The number of carbonyl (C=O) groups is 2. The summed E-state index contributed by atoms with van der Waals surface area (Å²) in [7, 11) is -4.19. The predicted octanol–water partition coefficient (Wildman–Crippen LogP) is 7.36. The number of hydrogen-bond donors (Lipinski definition) is 1. The lowest BCUT2D eigenvalue weighted by Gasteiger charge is -2.33. The molecule has 2 amide bonds. The summed E-state index contributed by atoms with van der Waals surface area (Å²) in [6.07, 6.45) is 2.05. The normalized spacial score (nSPS) is 11.8. The second-order valence-electron chi connectivity index (χ2n) is 11.0. The lowest BCUT2D eigenvalue weighted by atomic mass is 10.1. The van der Waals surface area contributed by atoms with E-state index in [0.29, 0.717) is 29.5 Å². The van der Waals surface area contributed by atoms with Crippen LogP contribution in [0.25, 0.3) is 0 Å². The molecule has 0 bridgehead atoms. The maximum absolute atomic E-state index is 14.3. The molecule has 0 aromatic heterocycles. The van der Waals surface area contributed by atoms with Gasteiger partial charge in [-0.15, -0.1) is 0 Å². The molecule has 10 heteroatoms. The number of unbranched alkanes of at least 4 members (excludes halogenated alkanes) is 1. The molecule has 4 aromatic rings. The predicted molar refractivity (Wildman–Crippen MR) is 183 cm³/mol. The van der Waals surface area contributed by atoms with Gasteiger partial charge in [0.05, 0.1) is 10.6 Å². The minimum Gasteiger partial charge on any atom is -0.457 e. The van der Waals surface area contributed by atoms with Crippen molar-refractivity contribution in [1.82, 2.24) is 10.2 Å². The van der Waals surface area contributed by atoms with Crippen molar-refractivity contribution in [3.63, 3.8) is 0 Å². The number of amides is 2. The smallest absolute Gasteiger partial charge is 0.264 e. The molecule has 0 spiro atoms. The standard InChI is InChI=1S/C36H40ClN3O5S/c1-4-6-24-38-36(42)34(5-2)39(25-28-14-16-29(37)17-15-28)35(41)26-40(46(43,44)33-22-12-27(3)13-23-33)30-18-20-32(21-19-30)45-31-10-8-7-9-11-31/h7-23,34H,4-6,24-26H2,1-3H3,(H,38,42). The van der Waals surface area contributed by atoms with Crippen molar-refractivity contribution < 1.29 is 22.7 Å². The zero-order valence-electron chi connectivity index (χ0n) is 26.4. The first kappa shape index (κ1) is 34.5. The molecule has 1 unspecified atom stereocenters. The third-order valence-electron chi connectivity index (χ3n) is 7.47. The first-order chi connectivity index (χ1) is 22.1. The number of anilines is 1. The zero-order valence-corrected chi connectivity index (χ0v) is 27.9. The molecule has 0 saturated heterocycles. The molecule has 0 aliphatic carbocycles. The van der Waals surface area contributed by atoms with E-state index in [2.05, 4.69) is 5.32 Å². The molecule has 0 fully saturated rings. The number of nitrogens with one attached hydrogen (secondary N) is 1. The van der Waals surface area contributed by atoms with E-state index in [4.69, 9.17) is 16.3 Å². The highest BCUT2D eigenvalue weighted by Crippen LogP contribution is 2.29. The second kappa shape index (κ2) is 16.3. The van der Waals surface area contributed by atoms with Crippen molar-refractivity contribution in [3.05, 3.63) is 119 Å². The van der Waals surface area contributed by atoms with Crippen LogP contribution in [-0.2, 0) is 26.2 Å². The Morgan fingerprint density at radius 2 is 1.48 bits per heavy atom. The summed E-state index contributed by atoms with van der Waals surface area (Å²) < 4.78 is 35.3. The Bertz CT molecular complexity index is 1680. The van der Waals surface area contributed by atoms with Gasteiger partial charge in [0.25, 0.3) is 10.0 Å². The lowest BCUT2D eigenvalue weighted by Crippen LogP contribution is -2.52. The van der Waals surface area contributed by atoms with Gasteiger partial charge >= 0.3 is 0 Å². The Kier molecular flexibility index (Phi) is 12.2. The van der Waals surface area contributed by atoms with Gasteiger partial charge in [-0.3, -0.25) is 13.9 Å². The maximum atomic E-state index is 14.3. The summed E-state index contributed by atoms with van der Waals surface area (Å²) >= 11 is 6.11. The van der Waals surface area contributed by atoms with Crippen molar-refractivity contribution in [2.75, 3.05) is 17.4 Å². The SMILES string of the molecule is CCCCNC(=O)C(CC)N(Cc1ccc(Cl)cc1)C(=O)CN(c1ccc(Oc2ccccc2)cc1)S(=O)(=O)c1ccc(C)cc1. The molecule has 0 heterocycles. The minimum atomic E-state index is -4.19. The molecular weight excluding hydrogens is 622 g/mol. The summed E-state index contributed by atoms with van der Waals surface area (Å²) in [5.74, 6) is 0.338. The van der Waals surface area contributed by atoms with E-state index < -0.39 is 28.5 Å². The number of halogens is 1. The van der Waals surface area contributed by atoms with E-state index in [0.717, 1.165) is 28.3 Å². The van der Waals surface area contributed by atoms with Gasteiger partial charge in [0, 0.05) is 18.1 Å². The molecule has 0 aliphatic heterocycles. The molecule has 0 radical (unpaired) electrons. The average molecular weight is 662 g/mol. The van der Waals surface area contributed by atoms with Crippen molar-refractivity contribution >= 4 is 39.1 Å². The number of carbonyl (C=O) groups excluding carboxylic acids is 2. The number of hydrogen-bond acceptors (Lipinski definition) is 5. The second-order valence-corrected chi connectivity index (χ2v) is 13.2. The van der Waals surface area contributed by atoms with Gasteiger partial charge in [-0.05, 0) is 86.0 Å². The van der Waals surface area contributed by atoms with E-state index in [-0.39, 0.29) is 23.0 Å². The number of ether oxygens (including phenoxy) is 1. The van der Waals surface area contributed by atoms with Crippen molar-refractivity contribution in [1.29, 1.82) is 0 Å². The number of para-hydroxylation sites is 1. The maximum Gasteiger partial charge on any atom is 0.264 e. The van der Waals surface area contributed by atoms with Crippen molar-refractivity contribution in [2.24, 2.45) is 0 Å². The monoisotopic (exact) mass is 661 g/mol. The van der Waals surface area contributed by atoms with Crippen LogP contribution in [0, 0.1) is 6.92 Å². The third kappa shape index (κ3) is 9.11. The summed E-state index contributed by atoms with van der Waals surface area (Å²) in [5.41, 5.74) is 1.94. The Balaban J connectivity index is 1.70. The first-order valence-corrected chi connectivity index (χ1v) is 17.2. The highest BCUT2D eigenvalue weighted by atomic mass is 35.5. The largest absolute Gasteiger partial charge is 0.457 e. The van der Waals surface area contributed by atoms with Crippen LogP contribution in [0.1, 0.15) is 44.2 Å². The van der Waals surface area contributed by atoms with Gasteiger partial charge in [-0.25, -0.2) is 8.42 Å². The van der Waals surface area contributed by atoms with Crippen LogP contribution >= 0.6 is 11.6 Å². The molecule has 0 saturated carbocycles. The minimum absolute atomic E-state index is 0.0455. The number of benzene rings is 4. The molecular formula is C36H40ClN3O5S. The van der Waals surface area contributed by atoms with Crippen molar-refractivity contribution in [3.8, 4) is 11.5 Å². The van der Waals surface area contributed by atoms with Crippen LogP contribution in [0.2, 0.25) is 5.02 Å². The summed E-state index contributed by atoms with van der Waals surface area (Å²) in [4.78, 5) is 29.1. The van der Waals surface area contributed by atoms with Gasteiger partial charge in [-0.2, -0.15) is 0 Å². The van der Waals surface area contributed by atoms with Gasteiger partial charge in [0.1, 0.15) is 24.1 Å². The zero-order chi connectivity index (χ0) is 33.1. The molecule has 242 valence electrons. The van der Waals surface area contributed by atoms with E-state index in [1.165, 1.54) is 17.0 Å². The molecule has 1 N–H and O–H groups in total. The summed E-state index contributed by atoms with van der Waals surface area (Å²) in [6, 6.07) is 28.4.